The molecule has 4 aromatic rings. The van der Waals surface area contributed by atoms with E-state index in [1.807, 2.05) is 0 Å². The highest BCUT2D eigenvalue weighted by molar-refractivity contribution is 6.04. The molecule has 236 valence electrons. The summed E-state index contributed by atoms with van der Waals surface area (Å²) in [7, 11) is 1.77. The third-order valence-electron chi connectivity index (χ3n) is 10.4. The zero-order valence-corrected chi connectivity index (χ0v) is 24.5. The van der Waals surface area contributed by atoms with Gasteiger partial charge >= 0.3 is 12.3 Å². The molecule has 4 aliphatic rings. The number of alkyl halides is 3. The minimum absolute atomic E-state index is 0.0480. The van der Waals surface area contributed by atoms with Gasteiger partial charge in [0.2, 0.25) is 0 Å². The normalized spacial score (nSPS) is 25.8. The van der Waals surface area contributed by atoms with Crippen LogP contribution in [0.3, 0.4) is 0 Å². The van der Waals surface area contributed by atoms with E-state index < -0.39 is 18.1 Å². The molecule has 2 aromatic heterocycles. The lowest BCUT2D eigenvalue weighted by Gasteiger charge is -2.50. The van der Waals surface area contributed by atoms with E-state index in [1.54, 1.807) is 29.8 Å². The maximum atomic E-state index is 15.6. The molecule has 8 nitrogen and oxygen atoms in total. The fourth-order valence-electron chi connectivity index (χ4n) is 8.41. The van der Waals surface area contributed by atoms with Gasteiger partial charge in [-0.25, -0.2) is 9.18 Å². The highest BCUT2D eigenvalue weighted by Crippen LogP contribution is 2.61. The van der Waals surface area contributed by atoms with Gasteiger partial charge in [0.05, 0.1) is 16.8 Å². The molecule has 2 unspecified atom stereocenters. The van der Waals surface area contributed by atoms with Crippen LogP contribution in [0.15, 0.2) is 47.1 Å². The Kier molecular flexibility index (Phi) is 6.30. The smallest absolute Gasteiger partial charge is 0.478 e. The zero-order chi connectivity index (χ0) is 31.2. The van der Waals surface area contributed by atoms with Crippen molar-refractivity contribution in [2.24, 2.45) is 12.5 Å². The van der Waals surface area contributed by atoms with Crippen LogP contribution in [0.1, 0.15) is 72.5 Å². The molecule has 2 atom stereocenters. The summed E-state index contributed by atoms with van der Waals surface area (Å²) in [6.07, 6.45) is 3.36. The van der Waals surface area contributed by atoms with Gasteiger partial charge in [-0.2, -0.15) is 0 Å². The molecule has 1 spiro atoms. The number of rotatable bonds is 8. The number of aryl methyl sites for hydroxylation is 1. The van der Waals surface area contributed by atoms with Gasteiger partial charge < -0.3 is 29.2 Å². The molecule has 0 radical (unpaired) electrons. The Balaban J connectivity index is 1.01. The molecule has 12 heteroatoms. The number of aromatic carboxylic acids is 1. The minimum atomic E-state index is -4.83. The minimum Gasteiger partial charge on any atom is -0.478 e. The number of carboxylic acids is 1. The van der Waals surface area contributed by atoms with E-state index in [9.17, 15) is 23.1 Å². The Hall–Kier alpha value is -4.06. The van der Waals surface area contributed by atoms with E-state index in [-0.39, 0.29) is 46.3 Å². The van der Waals surface area contributed by atoms with Crippen molar-refractivity contribution < 1.29 is 36.7 Å². The molecule has 2 bridgehead atoms. The van der Waals surface area contributed by atoms with Crippen LogP contribution in [-0.4, -0.2) is 45.3 Å². The van der Waals surface area contributed by atoms with E-state index >= 15 is 4.39 Å². The lowest BCUT2D eigenvalue weighted by Crippen LogP contribution is -2.54. The quantitative estimate of drug-likeness (QED) is 0.202. The maximum Gasteiger partial charge on any atom is 0.573 e. The molecule has 2 saturated carbocycles. The number of anilines is 1. The SMILES string of the molecule is Cn1cc(C(=O)O)c2cc(F)c(N3C4CCC3C3(CC(NCc5c(-c6ccccc6OC(F)(F)F)noc5C5CC5)C3)C4)cc21. The second-order valence-corrected chi connectivity index (χ2v) is 13.2. The van der Waals surface area contributed by atoms with Crippen LogP contribution in [0.25, 0.3) is 22.2 Å². The Bertz CT molecular complexity index is 1820. The number of nitrogens with one attached hydrogen (secondary N) is 1. The van der Waals surface area contributed by atoms with Crippen molar-refractivity contribution in [2.45, 2.75) is 81.9 Å². The standard InChI is InChI=1S/C33H32F4N4O4/c1-40-16-23(31(42)43)21-10-24(34)26(11-25(21)40)41-19-8-9-28(41)32(14-19)12-18(13-32)38-15-22-29(39-45-30(22)17-6-7-17)20-4-2-3-5-27(20)44-33(35,36)37/h2-5,10-11,16-19,28,38H,6-9,12-15H2,1H3,(H,42,43). The Morgan fingerprint density at radius 2 is 1.93 bits per heavy atom. The summed E-state index contributed by atoms with van der Waals surface area (Å²) < 4.78 is 66.8. The van der Waals surface area contributed by atoms with Crippen LogP contribution in [0.4, 0.5) is 23.2 Å². The molecule has 45 heavy (non-hydrogen) atoms. The number of ether oxygens (including phenoxy) is 1. The van der Waals surface area contributed by atoms with Gasteiger partial charge in [0.1, 0.15) is 23.0 Å². The van der Waals surface area contributed by atoms with Crippen LogP contribution in [-0.2, 0) is 13.6 Å². The molecular formula is C33H32F4N4O4. The van der Waals surface area contributed by atoms with Crippen LogP contribution in [0.2, 0.25) is 0 Å². The van der Waals surface area contributed by atoms with E-state index in [0.717, 1.165) is 56.3 Å². The lowest BCUT2D eigenvalue weighted by molar-refractivity contribution is -0.274. The zero-order valence-electron chi connectivity index (χ0n) is 24.5. The molecule has 2 aliphatic heterocycles. The van der Waals surface area contributed by atoms with Crippen molar-refractivity contribution in [1.29, 1.82) is 0 Å². The first kappa shape index (κ1) is 28.4. The summed E-state index contributed by atoms with van der Waals surface area (Å²) in [6.45, 7) is 0.411. The number of hydrogen-bond donors (Lipinski definition) is 2. The van der Waals surface area contributed by atoms with Crippen LogP contribution in [0.5, 0.6) is 5.75 Å². The molecule has 4 fully saturated rings. The Morgan fingerprint density at radius 1 is 1.16 bits per heavy atom. The molecular weight excluding hydrogens is 592 g/mol. The van der Waals surface area contributed by atoms with Crippen molar-refractivity contribution in [3.05, 3.63) is 65.3 Å². The van der Waals surface area contributed by atoms with Crippen molar-refractivity contribution in [3.8, 4) is 17.0 Å². The van der Waals surface area contributed by atoms with Crippen LogP contribution < -0.4 is 15.0 Å². The second kappa shape index (κ2) is 9.97. The van der Waals surface area contributed by atoms with Crippen LogP contribution >= 0.6 is 0 Å². The molecule has 2 saturated heterocycles. The summed E-state index contributed by atoms with van der Waals surface area (Å²) in [5.74, 6) is -0.860. The largest absolute Gasteiger partial charge is 0.573 e. The van der Waals surface area contributed by atoms with Gasteiger partial charge in [0.15, 0.2) is 0 Å². The van der Waals surface area contributed by atoms with Crippen LogP contribution in [0, 0.1) is 11.2 Å². The van der Waals surface area contributed by atoms with Crippen molar-refractivity contribution in [3.63, 3.8) is 0 Å². The Labute approximate surface area is 255 Å². The average molecular weight is 625 g/mol. The second-order valence-electron chi connectivity index (χ2n) is 13.2. The number of fused-ring (bicyclic) bond motifs is 4. The molecule has 2 N–H and O–H groups in total. The monoisotopic (exact) mass is 624 g/mol. The van der Waals surface area contributed by atoms with Gasteiger partial charge in [0.25, 0.3) is 0 Å². The van der Waals surface area contributed by atoms with Gasteiger partial charge in [-0.1, -0.05) is 17.3 Å². The van der Waals surface area contributed by atoms with E-state index in [0.29, 0.717) is 28.8 Å². The summed E-state index contributed by atoms with van der Waals surface area (Å²) in [5.41, 5.74) is 2.73. The fraction of sp³-hybridized carbons (Fsp3) is 0.455. The maximum absolute atomic E-state index is 15.6. The van der Waals surface area contributed by atoms with Gasteiger partial charge in [-0.3, -0.25) is 0 Å². The number of carboxylic acid groups (broad SMARTS) is 1. The van der Waals surface area contributed by atoms with E-state index in [2.05, 4.69) is 20.1 Å². The Morgan fingerprint density at radius 3 is 2.67 bits per heavy atom. The third kappa shape index (κ3) is 4.67. The number of halogens is 4. The summed E-state index contributed by atoms with van der Waals surface area (Å²) in [6, 6.07) is 9.75. The predicted octanol–water partition coefficient (Wildman–Crippen LogP) is 7.13. The molecule has 0 amide bonds. The van der Waals surface area contributed by atoms with Gasteiger partial charge in [-0.05, 0) is 74.6 Å². The van der Waals surface area contributed by atoms with Crippen molar-refractivity contribution >= 4 is 22.6 Å². The third-order valence-corrected chi connectivity index (χ3v) is 10.4. The summed E-state index contributed by atoms with van der Waals surface area (Å²) in [5, 5.41) is 17.8. The number of para-hydroxylation sites is 1. The highest BCUT2D eigenvalue weighted by atomic mass is 19.4. The molecule has 8 rings (SSSR count). The summed E-state index contributed by atoms with van der Waals surface area (Å²) in [4.78, 5) is 13.9. The fourth-order valence-corrected chi connectivity index (χ4v) is 8.41. The predicted molar refractivity (Wildman–Crippen MR) is 157 cm³/mol. The lowest BCUT2D eigenvalue weighted by atomic mass is 9.58. The average Bonchev–Trinajstić information content (AvgIpc) is 3.31. The summed E-state index contributed by atoms with van der Waals surface area (Å²) >= 11 is 0. The number of benzene rings is 2. The topological polar surface area (TPSA) is 92.8 Å². The molecule has 2 aromatic carbocycles. The number of aromatic nitrogens is 2. The first-order valence-corrected chi connectivity index (χ1v) is 15.4. The number of nitrogens with zero attached hydrogens (tertiary/aromatic N) is 3. The van der Waals surface area contributed by atoms with E-state index in [4.69, 9.17) is 4.52 Å². The molecule has 4 heterocycles. The van der Waals surface area contributed by atoms with Crippen molar-refractivity contribution in [2.75, 3.05) is 4.90 Å². The van der Waals surface area contributed by atoms with Crippen molar-refractivity contribution in [1.82, 2.24) is 15.0 Å². The van der Waals surface area contributed by atoms with Gasteiger partial charge in [0, 0.05) is 60.3 Å². The number of carbonyl (C=O) groups is 1. The van der Waals surface area contributed by atoms with Gasteiger partial charge in [-0.15, -0.1) is 13.2 Å². The first-order chi connectivity index (χ1) is 21.5. The molecule has 2 aliphatic carbocycles. The highest BCUT2D eigenvalue weighted by Gasteiger charge is 2.61. The van der Waals surface area contributed by atoms with E-state index in [1.165, 1.54) is 24.4 Å². The first-order valence-electron chi connectivity index (χ1n) is 15.4. The number of hydrogen-bond acceptors (Lipinski definition) is 6.